The van der Waals surface area contributed by atoms with Crippen molar-refractivity contribution in [3.05, 3.63) is 113 Å². The summed E-state index contributed by atoms with van der Waals surface area (Å²) in [5, 5.41) is 5.18. The number of rotatable bonds is 11. The van der Waals surface area contributed by atoms with Crippen molar-refractivity contribution >= 4 is 44.2 Å². The summed E-state index contributed by atoms with van der Waals surface area (Å²) in [6, 6.07) is 27.8. The van der Waals surface area contributed by atoms with E-state index < -0.39 is 28.5 Å². The highest BCUT2D eigenvalue weighted by Gasteiger charge is 2.33. The molecule has 0 radical (unpaired) electrons. The lowest BCUT2D eigenvalue weighted by molar-refractivity contribution is -0.141. The molecule has 9 heteroatoms. The fourth-order valence-electron chi connectivity index (χ4n) is 4.60. The average molecular weight is 592 g/mol. The van der Waals surface area contributed by atoms with Gasteiger partial charge in [-0.1, -0.05) is 84.4 Å². The first kappa shape index (κ1) is 30.2. The number of carbonyl (C=O) groups excluding carboxylic acids is 2. The minimum atomic E-state index is -3.99. The van der Waals surface area contributed by atoms with E-state index in [1.165, 1.54) is 11.9 Å². The lowest BCUT2D eigenvalue weighted by atomic mass is 10.0. The topological polar surface area (TPSA) is 86.8 Å². The van der Waals surface area contributed by atoms with Crippen LogP contribution in [0.1, 0.15) is 25.0 Å². The molecule has 1 unspecified atom stereocenters. The fraction of sp³-hybridized carbons (Fsp3) is 0.250. The van der Waals surface area contributed by atoms with Crippen LogP contribution in [0.3, 0.4) is 0 Å². The molecule has 41 heavy (non-hydrogen) atoms. The van der Waals surface area contributed by atoms with Gasteiger partial charge in [-0.25, -0.2) is 8.42 Å². The number of fused-ring (bicyclic) bond motifs is 1. The van der Waals surface area contributed by atoms with E-state index in [0.29, 0.717) is 5.02 Å². The van der Waals surface area contributed by atoms with Crippen molar-refractivity contribution in [2.75, 3.05) is 13.6 Å². The van der Waals surface area contributed by atoms with Crippen molar-refractivity contribution in [1.82, 2.24) is 14.5 Å². The standard InChI is InChI=1S/C32H34ClN3O4S/c1-23(2)34-32(38)30(19-24-9-5-4-6-10-24)36(21-25-13-16-28(33)17-14-25)31(37)22-35(3)41(39,40)29-18-15-26-11-7-8-12-27(26)20-29/h4-18,20,23,30H,19,21-22H2,1-3H3,(H,34,38). The Labute approximate surface area is 246 Å². The number of hydrogen-bond acceptors (Lipinski definition) is 4. The van der Waals surface area contributed by atoms with E-state index >= 15 is 0 Å². The molecule has 1 atom stereocenters. The van der Waals surface area contributed by atoms with Crippen molar-refractivity contribution in [3.63, 3.8) is 0 Å². The number of carbonyl (C=O) groups is 2. The predicted octanol–water partition coefficient (Wildman–Crippen LogP) is 5.28. The molecule has 2 amide bonds. The fourth-order valence-corrected chi connectivity index (χ4v) is 5.88. The van der Waals surface area contributed by atoms with Crippen LogP contribution in [0.4, 0.5) is 0 Å². The lowest BCUT2D eigenvalue weighted by Crippen LogP contribution is -2.53. The average Bonchev–Trinajstić information content (AvgIpc) is 2.95. The Morgan fingerprint density at radius 1 is 0.829 bits per heavy atom. The van der Waals surface area contributed by atoms with E-state index in [1.807, 2.05) is 68.4 Å². The van der Waals surface area contributed by atoms with Crippen LogP contribution in [0.5, 0.6) is 0 Å². The van der Waals surface area contributed by atoms with Gasteiger partial charge in [0.1, 0.15) is 6.04 Å². The van der Waals surface area contributed by atoms with Crippen LogP contribution < -0.4 is 5.32 Å². The number of sulfonamides is 1. The zero-order chi connectivity index (χ0) is 29.6. The van der Waals surface area contributed by atoms with E-state index in [2.05, 4.69) is 5.32 Å². The number of likely N-dealkylation sites (N-methyl/N-ethyl adjacent to an activating group) is 1. The number of benzene rings is 4. The summed E-state index contributed by atoms with van der Waals surface area (Å²) in [6.45, 7) is 3.37. The first-order chi connectivity index (χ1) is 19.5. The molecule has 0 aliphatic carbocycles. The maximum absolute atomic E-state index is 14.0. The smallest absolute Gasteiger partial charge is 0.243 e. The first-order valence-corrected chi connectivity index (χ1v) is 15.2. The Bertz CT molecular complexity index is 1610. The summed E-state index contributed by atoms with van der Waals surface area (Å²) in [7, 11) is -2.62. The Morgan fingerprint density at radius 2 is 1.46 bits per heavy atom. The third-order valence-electron chi connectivity index (χ3n) is 6.76. The van der Waals surface area contributed by atoms with E-state index in [0.717, 1.165) is 26.2 Å². The molecular formula is C32H34ClN3O4S. The number of halogens is 1. The van der Waals surface area contributed by atoms with Gasteiger partial charge in [0.05, 0.1) is 11.4 Å². The van der Waals surface area contributed by atoms with Crippen molar-refractivity contribution in [2.45, 2.75) is 43.8 Å². The Morgan fingerprint density at radius 3 is 2.12 bits per heavy atom. The van der Waals surface area contributed by atoms with Crippen LogP contribution in [0.15, 0.2) is 102 Å². The van der Waals surface area contributed by atoms with Crippen LogP contribution >= 0.6 is 11.6 Å². The van der Waals surface area contributed by atoms with Gasteiger partial charge in [-0.05, 0) is 60.0 Å². The van der Waals surface area contributed by atoms with Crippen LogP contribution in [0.25, 0.3) is 10.8 Å². The SMILES string of the molecule is CC(C)NC(=O)C(Cc1ccccc1)N(Cc1ccc(Cl)cc1)C(=O)CN(C)S(=O)(=O)c1ccc2ccccc2c1. The molecule has 0 aromatic heterocycles. The second-order valence-electron chi connectivity index (χ2n) is 10.3. The highest BCUT2D eigenvalue weighted by Crippen LogP contribution is 2.22. The minimum Gasteiger partial charge on any atom is -0.352 e. The monoisotopic (exact) mass is 591 g/mol. The second-order valence-corrected chi connectivity index (χ2v) is 12.8. The Kier molecular flexibility index (Phi) is 9.81. The summed E-state index contributed by atoms with van der Waals surface area (Å²) in [5.74, 6) is -0.808. The molecule has 0 heterocycles. The summed E-state index contributed by atoms with van der Waals surface area (Å²) in [5.41, 5.74) is 1.64. The molecule has 214 valence electrons. The molecular weight excluding hydrogens is 558 g/mol. The minimum absolute atomic E-state index is 0.0918. The van der Waals surface area contributed by atoms with E-state index in [4.69, 9.17) is 11.6 Å². The number of nitrogens with one attached hydrogen (secondary N) is 1. The number of hydrogen-bond donors (Lipinski definition) is 1. The Balaban J connectivity index is 1.66. The van der Waals surface area contributed by atoms with Crippen LogP contribution in [-0.4, -0.2) is 55.1 Å². The summed E-state index contributed by atoms with van der Waals surface area (Å²) in [4.78, 5) is 29.0. The molecule has 0 aliphatic rings. The largest absolute Gasteiger partial charge is 0.352 e. The van der Waals surface area contributed by atoms with E-state index in [1.54, 1.807) is 42.5 Å². The maximum Gasteiger partial charge on any atom is 0.243 e. The van der Waals surface area contributed by atoms with Gasteiger partial charge in [0.25, 0.3) is 0 Å². The molecule has 0 fully saturated rings. The molecule has 0 saturated heterocycles. The second kappa shape index (κ2) is 13.3. The normalized spacial score (nSPS) is 12.4. The number of amides is 2. The van der Waals surface area contributed by atoms with Crippen molar-refractivity contribution in [1.29, 1.82) is 0 Å². The molecule has 7 nitrogen and oxygen atoms in total. The van der Waals surface area contributed by atoms with Gasteiger partial charge < -0.3 is 10.2 Å². The highest BCUT2D eigenvalue weighted by atomic mass is 35.5. The van der Waals surface area contributed by atoms with Crippen molar-refractivity contribution < 1.29 is 18.0 Å². The number of nitrogens with zero attached hydrogens (tertiary/aromatic N) is 2. The lowest BCUT2D eigenvalue weighted by Gasteiger charge is -2.33. The molecule has 0 spiro atoms. The molecule has 0 bridgehead atoms. The molecule has 4 rings (SSSR count). The maximum atomic E-state index is 14.0. The zero-order valence-electron chi connectivity index (χ0n) is 23.3. The molecule has 1 N–H and O–H groups in total. The highest BCUT2D eigenvalue weighted by molar-refractivity contribution is 7.89. The molecule has 4 aromatic rings. The van der Waals surface area contributed by atoms with Gasteiger partial charge in [0, 0.05) is 31.1 Å². The third kappa shape index (κ3) is 7.73. The van der Waals surface area contributed by atoms with E-state index in [-0.39, 0.29) is 29.8 Å². The van der Waals surface area contributed by atoms with Gasteiger partial charge in [-0.3, -0.25) is 9.59 Å². The van der Waals surface area contributed by atoms with E-state index in [9.17, 15) is 18.0 Å². The molecule has 4 aromatic carbocycles. The van der Waals surface area contributed by atoms with Gasteiger partial charge in [0.15, 0.2) is 0 Å². The summed E-state index contributed by atoms with van der Waals surface area (Å²) < 4.78 is 28.1. The first-order valence-electron chi connectivity index (χ1n) is 13.4. The van der Waals surface area contributed by atoms with Crippen LogP contribution in [0, 0.1) is 0 Å². The van der Waals surface area contributed by atoms with Crippen molar-refractivity contribution in [3.8, 4) is 0 Å². The van der Waals surface area contributed by atoms with Gasteiger partial charge >= 0.3 is 0 Å². The summed E-state index contributed by atoms with van der Waals surface area (Å²) in [6.07, 6.45) is 0.264. The van der Waals surface area contributed by atoms with Gasteiger partial charge in [-0.2, -0.15) is 4.31 Å². The quantitative estimate of drug-likeness (QED) is 0.257. The van der Waals surface area contributed by atoms with Gasteiger partial charge in [0.2, 0.25) is 21.8 Å². The Hall–Kier alpha value is -3.72. The third-order valence-corrected chi connectivity index (χ3v) is 8.81. The van der Waals surface area contributed by atoms with Crippen molar-refractivity contribution in [2.24, 2.45) is 0 Å². The molecule has 0 saturated carbocycles. The zero-order valence-corrected chi connectivity index (χ0v) is 24.9. The van der Waals surface area contributed by atoms with Crippen LogP contribution in [0.2, 0.25) is 5.02 Å². The van der Waals surface area contributed by atoms with Gasteiger partial charge in [-0.15, -0.1) is 0 Å². The van der Waals surface area contributed by atoms with Crippen LogP contribution in [-0.2, 0) is 32.6 Å². The molecule has 0 aliphatic heterocycles. The predicted molar refractivity (Wildman–Crippen MR) is 163 cm³/mol. The summed E-state index contributed by atoms with van der Waals surface area (Å²) >= 11 is 6.08.